The zero-order valence-electron chi connectivity index (χ0n) is 12.6. The van der Waals surface area contributed by atoms with Gasteiger partial charge in [-0.15, -0.1) is 11.3 Å². The number of aromatic nitrogens is 1. The second-order valence-corrected chi connectivity index (χ2v) is 6.56. The van der Waals surface area contributed by atoms with Gasteiger partial charge >= 0.3 is 0 Å². The average Bonchev–Trinajstić information content (AvgIpc) is 3.16. The van der Waals surface area contributed by atoms with E-state index < -0.39 is 0 Å². The summed E-state index contributed by atoms with van der Waals surface area (Å²) < 4.78 is 0. The fourth-order valence-corrected chi connectivity index (χ4v) is 3.33. The lowest BCUT2D eigenvalue weighted by atomic mass is 10.3. The Balaban J connectivity index is 1.80. The SMILES string of the molecule is CCNC(=NCc1ccsc1)NCCc1ncc(CC)s1. The number of aryl methyl sites for hydroxylation is 1. The van der Waals surface area contributed by atoms with Crippen molar-refractivity contribution < 1.29 is 0 Å². The summed E-state index contributed by atoms with van der Waals surface area (Å²) >= 11 is 3.51. The molecule has 2 N–H and O–H groups in total. The second kappa shape index (κ2) is 8.79. The molecule has 0 aliphatic rings. The number of thiophene rings is 1. The number of hydrogen-bond acceptors (Lipinski definition) is 4. The van der Waals surface area contributed by atoms with Gasteiger partial charge in [-0.1, -0.05) is 6.92 Å². The Hall–Kier alpha value is -1.40. The molecule has 0 radical (unpaired) electrons. The van der Waals surface area contributed by atoms with Crippen LogP contribution < -0.4 is 10.6 Å². The molecule has 0 amide bonds. The molecule has 0 fully saturated rings. The lowest BCUT2D eigenvalue weighted by Gasteiger charge is -2.10. The van der Waals surface area contributed by atoms with Gasteiger partial charge < -0.3 is 10.6 Å². The van der Waals surface area contributed by atoms with Gasteiger partial charge in [0.05, 0.1) is 11.6 Å². The third kappa shape index (κ3) is 5.47. The van der Waals surface area contributed by atoms with Gasteiger partial charge in [0.2, 0.25) is 0 Å². The van der Waals surface area contributed by atoms with Crippen LogP contribution in [0.3, 0.4) is 0 Å². The average molecular weight is 323 g/mol. The maximum Gasteiger partial charge on any atom is 0.191 e. The summed E-state index contributed by atoms with van der Waals surface area (Å²) in [4.78, 5) is 10.4. The molecule has 2 aromatic rings. The van der Waals surface area contributed by atoms with E-state index in [-0.39, 0.29) is 0 Å². The summed E-state index contributed by atoms with van der Waals surface area (Å²) in [6.07, 6.45) is 3.99. The molecule has 114 valence electrons. The molecule has 0 unspecified atom stereocenters. The molecule has 6 heteroatoms. The lowest BCUT2D eigenvalue weighted by Crippen LogP contribution is -2.38. The highest BCUT2D eigenvalue weighted by Crippen LogP contribution is 2.13. The highest BCUT2D eigenvalue weighted by Gasteiger charge is 2.02. The summed E-state index contributed by atoms with van der Waals surface area (Å²) in [5.74, 6) is 0.871. The summed E-state index contributed by atoms with van der Waals surface area (Å²) in [5, 5.41) is 12.0. The molecular weight excluding hydrogens is 300 g/mol. The fourth-order valence-electron chi connectivity index (χ4n) is 1.81. The monoisotopic (exact) mass is 322 g/mol. The first kappa shape index (κ1) is 16.0. The maximum absolute atomic E-state index is 4.59. The van der Waals surface area contributed by atoms with Gasteiger partial charge in [-0.3, -0.25) is 0 Å². The van der Waals surface area contributed by atoms with Crippen molar-refractivity contribution in [2.75, 3.05) is 13.1 Å². The van der Waals surface area contributed by atoms with Gasteiger partial charge in [-0.2, -0.15) is 11.3 Å². The third-order valence-electron chi connectivity index (χ3n) is 2.93. The first-order chi connectivity index (χ1) is 10.3. The van der Waals surface area contributed by atoms with Gasteiger partial charge in [0.25, 0.3) is 0 Å². The summed E-state index contributed by atoms with van der Waals surface area (Å²) in [6.45, 7) is 6.68. The van der Waals surface area contributed by atoms with Crippen LogP contribution in [0.15, 0.2) is 28.0 Å². The van der Waals surface area contributed by atoms with E-state index >= 15 is 0 Å². The van der Waals surface area contributed by atoms with Crippen LogP contribution in [0.25, 0.3) is 0 Å². The predicted molar refractivity (Wildman–Crippen MR) is 92.3 cm³/mol. The number of guanidine groups is 1. The molecule has 0 spiro atoms. The Kier molecular flexibility index (Phi) is 6.69. The number of rotatable bonds is 7. The van der Waals surface area contributed by atoms with E-state index in [9.17, 15) is 0 Å². The van der Waals surface area contributed by atoms with Crippen molar-refractivity contribution in [2.24, 2.45) is 4.99 Å². The largest absolute Gasteiger partial charge is 0.357 e. The van der Waals surface area contributed by atoms with Crippen molar-refractivity contribution in [3.8, 4) is 0 Å². The number of hydrogen-bond donors (Lipinski definition) is 2. The van der Waals surface area contributed by atoms with Crippen molar-refractivity contribution >= 4 is 28.6 Å². The molecule has 0 saturated heterocycles. The van der Waals surface area contributed by atoms with Crippen LogP contribution in [-0.2, 0) is 19.4 Å². The number of nitrogens with zero attached hydrogens (tertiary/aromatic N) is 2. The first-order valence-electron chi connectivity index (χ1n) is 7.28. The van der Waals surface area contributed by atoms with E-state index in [1.165, 1.54) is 15.4 Å². The minimum Gasteiger partial charge on any atom is -0.357 e. The molecule has 2 heterocycles. The zero-order valence-corrected chi connectivity index (χ0v) is 14.2. The summed E-state index contributed by atoms with van der Waals surface area (Å²) in [7, 11) is 0. The molecule has 0 bridgehead atoms. The zero-order chi connectivity index (χ0) is 14.9. The number of nitrogens with one attached hydrogen (secondary N) is 2. The smallest absolute Gasteiger partial charge is 0.191 e. The third-order valence-corrected chi connectivity index (χ3v) is 4.86. The van der Waals surface area contributed by atoms with Crippen LogP contribution in [-0.4, -0.2) is 24.0 Å². The Morgan fingerprint density at radius 2 is 2.24 bits per heavy atom. The highest BCUT2D eigenvalue weighted by molar-refractivity contribution is 7.11. The Bertz CT molecular complexity index is 546. The summed E-state index contributed by atoms with van der Waals surface area (Å²) in [6, 6.07) is 2.11. The van der Waals surface area contributed by atoms with E-state index in [4.69, 9.17) is 0 Å². The fraction of sp³-hybridized carbons (Fsp3) is 0.467. The molecule has 0 aliphatic heterocycles. The highest BCUT2D eigenvalue weighted by atomic mass is 32.1. The van der Waals surface area contributed by atoms with Crippen molar-refractivity contribution in [1.82, 2.24) is 15.6 Å². The number of thiazole rings is 1. The molecular formula is C15H22N4S2. The van der Waals surface area contributed by atoms with E-state index in [2.05, 4.69) is 51.3 Å². The van der Waals surface area contributed by atoms with Crippen LogP contribution in [0, 0.1) is 0 Å². The van der Waals surface area contributed by atoms with E-state index in [0.717, 1.165) is 38.4 Å². The lowest BCUT2D eigenvalue weighted by molar-refractivity contribution is 0.797. The van der Waals surface area contributed by atoms with Crippen LogP contribution >= 0.6 is 22.7 Å². The Morgan fingerprint density at radius 1 is 1.33 bits per heavy atom. The number of aliphatic imine (C=N–C) groups is 1. The topological polar surface area (TPSA) is 49.3 Å². The van der Waals surface area contributed by atoms with Gasteiger partial charge in [0.1, 0.15) is 0 Å². The Labute approximate surface area is 134 Å². The molecule has 0 saturated carbocycles. The van der Waals surface area contributed by atoms with Crippen LogP contribution in [0.5, 0.6) is 0 Å². The van der Waals surface area contributed by atoms with Crippen molar-refractivity contribution in [1.29, 1.82) is 0 Å². The maximum atomic E-state index is 4.59. The molecule has 0 aliphatic carbocycles. The van der Waals surface area contributed by atoms with E-state index in [1.807, 2.05) is 6.20 Å². The summed E-state index contributed by atoms with van der Waals surface area (Å²) in [5.41, 5.74) is 1.25. The van der Waals surface area contributed by atoms with Crippen LogP contribution in [0.1, 0.15) is 29.3 Å². The molecule has 0 aromatic carbocycles. The minimum atomic E-state index is 0.718. The minimum absolute atomic E-state index is 0.718. The van der Waals surface area contributed by atoms with Gasteiger partial charge in [0, 0.05) is 30.6 Å². The van der Waals surface area contributed by atoms with Crippen molar-refractivity contribution in [2.45, 2.75) is 33.2 Å². The normalized spacial score (nSPS) is 11.6. The second-order valence-electron chi connectivity index (χ2n) is 4.58. The standard InChI is InChI=1S/C15H22N4S2/c1-3-13-10-18-14(21-13)5-7-17-15(16-4-2)19-9-12-6-8-20-11-12/h6,8,10-11H,3-5,7,9H2,1-2H3,(H2,16,17,19). The quantitative estimate of drug-likeness (QED) is 0.608. The van der Waals surface area contributed by atoms with E-state index in [1.54, 1.807) is 22.7 Å². The van der Waals surface area contributed by atoms with Crippen LogP contribution in [0.4, 0.5) is 0 Å². The van der Waals surface area contributed by atoms with Gasteiger partial charge in [-0.05, 0) is 35.7 Å². The predicted octanol–water partition coefficient (Wildman–Crippen LogP) is 3.06. The van der Waals surface area contributed by atoms with Crippen molar-refractivity contribution in [3.05, 3.63) is 38.5 Å². The van der Waals surface area contributed by atoms with Crippen molar-refractivity contribution in [3.63, 3.8) is 0 Å². The molecule has 4 nitrogen and oxygen atoms in total. The van der Waals surface area contributed by atoms with Gasteiger partial charge in [-0.25, -0.2) is 9.98 Å². The van der Waals surface area contributed by atoms with E-state index in [0.29, 0.717) is 0 Å². The van der Waals surface area contributed by atoms with Crippen LogP contribution in [0.2, 0.25) is 0 Å². The van der Waals surface area contributed by atoms with Gasteiger partial charge in [0.15, 0.2) is 5.96 Å². The molecule has 2 aromatic heterocycles. The first-order valence-corrected chi connectivity index (χ1v) is 9.04. The molecule has 0 atom stereocenters. The molecule has 2 rings (SSSR count). The molecule has 21 heavy (non-hydrogen) atoms. The Morgan fingerprint density at radius 3 is 2.90 bits per heavy atom.